The van der Waals surface area contributed by atoms with E-state index in [1.165, 1.54) is 16.8 Å². The van der Waals surface area contributed by atoms with Crippen molar-refractivity contribution in [3.8, 4) is 11.5 Å². The zero-order chi connectivity index (χ0) is 17.2. The highest BCUT2D eigenvalue weighted by molar-refractivity contribution is 7.96. The van der Waals surface area contributed by atoms with Crippen molar-refractivity contribution in [2.24, 2.45) is 10.3 Å². The third-order valence-corrected chi connectivity index (χ3v) is 5.83. The maximum Gasteiger partial charge on any atom is 0.258 e. The van der Waals surface area contributed by atoms with Gasteiger partial charge in [-0.2, -0.15) is 10.1 Å². The van der Waals surface area contributed by atoms with E-state index in [0.717, 1.165) is 5.56 Å². The topological polar surface area (TPSA) is 92.9 Å². The van der Waals surface area contributed by atoms with Crippen LogP contribution in [0.1, 0.15) is 23.7 Å². The molecular weight excluding hydrogens is 356 g/mol. The van der Waals surface area contributed by atoms with Crippen molar-refractivity contribution in [1.29, 1.82) is 0 Å². The van der Waals surface area contributed by atoms with Gasteiger partial charge in [-0.15, -0.1) is 11.3 Å². The number of hydrogen-bond donors (Lipinski definition) is 1. The van der Waals surface area contributed by atoms with Crippen LogP contribution in [0.3, 0.4) is 0 Å². The first-order valence-electron chi connectivity index (χ1n) is 7.75. The van der Waals surface area contributed by atoms with Gasteiger partial charge < -0.3 is 10.3 Å². The van der Waals surface area contributed by atoms with Crippen molar-refractivity contribution in [3.63, 3.8) is 0 Å². The van der Waals surface area contributed by atoms with E-state index < -0.39 is 0 Å². The van der Waals surface area contributed by atoms with E-state index in [0.29, 0.717) is 23.2 Å². The molecule has 25 heavy (non-hydrogen) atoms. The monoisotopic (exact) mass is 372 g/mol. The maximum atomic E-state index is 5.79. The van der Waals surface area contributed by atoms with Gasteiger partial charge in [-0.1, -0.05) is 22.5 Å². The van der Waals surface area contributed by atoms with Crippen molar-refractivity contribution in [1.82, 2.24) is 14.6 Å². The lowest BCUT2D eigenvalue weighted by molar-refractivity contribution is 0.409. The van der Waals surface area contributed by atoms with E-state index in [-0.39, 0.29) is 12.1 Å². The predicted octanol–water partition coefficient (Wildman–Crippen LogP) is 4.34. The number of nitrogen functional groups attached to an aromatic ring is 1. The van der Waals surface area contributed by atoms with Crippen LogP contribution in [0.5, 0.6) is 0 Å². The minimum atomic E-state index is 0.0839. The van der Waals surface area contributed by atoms with E-state index in [1.807, 2.05) is 34.7 Å². The molecule has 0 aliphatic carbocycles. The second kappa shape index (κ2) is 6.85. The SMILES string of the molecule is CC1C(c2cccs2)N=NN1SCc1noc(-c2cccc(N)c2)n1. The summed E-state index contributed by atoms with van der Waals surface area (Å²) in [5.41, 5.74) is 7.27. The van der Waals surface area contributed by atoms with Crippen LogP contribution in [-0.2, 0) is 5.75 Å². The number of nitrogens with zero attached hydrogens (tertiary/aromatic N) is 5. The van der Waals surface area contributed by atoms with Gasteiger partial charge in [0.05, 0.1) is 11.8 Å². The molecule has 0 saturated carbocycles. The molecule has 128 valence electrons. The third-order valence-electron chi connectivity index (χ3n) is 3.83. The molecule has 0 amide bonds. The molecule has 2 aromatic heterocycles. The molecule has 3 aromatic rings. The number of benzene rings is 1. The lowest BCUT2D eigenvalue weighted by atomic mass is 10.1. The summed E-state index contributed by atoms with van der Waals surface area (Å²) < 4.78 is 7.23. The summed E-state index contributed by atoms with van der Waals surface area (Å²) in [5, 5.41) is 14.7. The Balaban J connectivity index is 1.39. The number of hydrogen-bond acceptors (Lipinski definition) is 9. The highest BCUT2D eigenvalue weighted by atomic mass is 32.2. The van der Waals surface area contributed by atoms with Gasteiger partial charge in [-0.05, 0) is 48.5 Å². The van der Waals surface area contributed by atoms with Gasteiger partial charge in [-0.3, -0.25) is 0 Å². The van der Waals surface area contributed by atoms with Gasteiger partial charge in [0.15, 0.2) is 5.82 Å². The van der Waals surface area contributed by atoms with Crippen LogP contribution in [0, 0.1) is 0 Å². The second-order valence-electron chi connectivity index (χ2n) is 5.62. The Morgan fingerprint density at radius 3 is 3.04 bits per heavy atom. The Kier molecular flexibility index (Phi) is 4.41. The Morgan fingerprint density at radius 2 is 2.24 bits per heavy atom. The molecule has 1 aliphatic heterocycles. The molecule has 1 aliphatic rings. The van der Waals surface area contributed by atoms with Crippen LogP contribution in [0.4, 0.5) is 5.69 Å². The average Bonchev–Trinajstić information content (AvgIpc) is 3.34. The molecule has 3 heterocycles. The molecule has 2 atom stereocenters. The quantitative estimate of drug-likeness (QED) is 0.529. The van der Waals surface area contributed by atoms with E-state index in [4.69, 9.17) is 10.3 Å². The fourth-order valence-corrected chi connectivity index (χ4v) is 4.19. The van der Waals surface area contributed by atoms with Crippen molar-refractivity contribution in [2.45, 2.75) is 24.8 Å². The van der Waals surface area contributed by atoms with Crippen LogP contribution in [0.2, 0.25) is 0 Å². The lowest BCUT2D eigenvalue weighted by Gasteiger charge is -2.19. The number of aromatic nitrogens is 2. The summed E-state index contributed by atoms with van der Waals surface area (Å²) in [6, 6.07) is 11.8. The molecule has 0 bridgehead atoms. The minimum Gasteiger partial charge on any atom is -0.399 e. The zero-order valence-electron chi connectivity index (χ0n) is 13.4. The Labute approximate surface area is 153 Å². The molecule has 2 unspecified atom stereocenters. The predicted molar refractivity (Wildman–Crippen MR) is 98.7 cm³/mol. The van der Waals surface area contributed by atoms with Gasteiger partial charge >= 0.3 is 0 Å². The first kappa shape index (κ1) is 16.1. The summed E-state index contributed by atoms with van der Waals surface area (Å²) in [4.78, 5) is 5.65. The summed E-state index contributed by atoms with van der Waals surface area (Å²) in [6.07, 6.45) is 0. The van der Waals surface area contributed by atoms with Gasteiger partial charge in [0, 0.05) is 16.1 Å². The van der Waals surface area contributed by atoms with Gasteiger partial charge in [0.25, 0.3) is 5.89 Å². The molecule has 0 radical (unpaired) electrons. The van der Waals surface area contributed by atoms with Crippen LogP contribution < -0.4 is 5.73 Å². The summed E-state index contributed by atoms with van der Waals surface area (Å²) in [5.74, 6) is 1.65. The molecule has 0 saturated heterocycles. The highest BCUT2D eigenvalue weighted by Gasteiger charge is 2.31. The van der Waals surface area contributed by atoms with Crippen LogP contribution >= 0.6 is 23.3 Å². The van der Waals surface area contributed by atoms with E-state index in [2.05, 4.69) is 38.8 Å². The van der Waals surface area contributed by atoms with E-state index in [9.17, 15) is 0 Å². The van der Waals surface area contributed by atoms with Crippen LogP contribution in [-0.4, -0.2) is 20.6 Å². The van der Waals surface area contributed by atoms with Crippen LogP contribution in [0.15, 0.2) is 56.6 Å². The van der Waals surface area contributed by atoms with Gasteiger partial charge in [-0.25, -0.2) is 4.41 Å². The largest absolute Gasteiger partial charge is 0.399 e. The zero-order valence-corrected chi connectivity index (χ0v) is 15.1. The smallest absolute Gasteiger partial charge is 0.258 e. The van der Waals surface area contributed by atoms with E-state index >= 15 is 0 Å². The van der Waals surface area contributed by atoms with Crippen molar-refractivity contribution in [2.75, 3.05) is 5.73 Å². The first-order chi connectivity index (χ1) is 12.2. The Hall–Kier alpha value is -2.39. The summed E-state index contributed by atoms with van der Waals surface area (Å²) in [6.45, 7) is 2.12. The fraction of sp³-hybridized carbons (Fsp3) is 0.250. The Bertz CT molecular complexity index is 878. The minimum absolute atomic E-state index is 0.0839. The second-order valence-corrected chi connectivity index (χ2v) is 7.52. The molecular formula is C16H16N6OS2. The van der Waals surface area contributed by atoms with Crippen molar-refractivity contribution in [3.05, 3.63) is 52.5 Å². The third kappa shape index (κ3) is 3.38. The van der Waals surface area contributed by atoms with Crippen LogP contribution in [0.25, 0.3) is 11.5 Å². The van der Waals surface area contributed by atoms with Crippen molar-refractivity contribution >= 4 is 29.0 Å². The molecule has 1 aromatic carbocycles. The van der Waals surface area contributed by atoms with Gasteiger partial charge in [0.2, 0.25) is 0 Å². The molecule has 4 rings (SSSR count). The summed E-state index contributed by atoms with van der Waals surface area (Å²) in [7, 11) is 0. The maximum absolute atomic E-state index is 5.79. The summed E-state index contributed by atoms with van der Waals surface area (Å²) >= 11 is 3.23. The lowest BCUT2D eigenvalue weighted by Crippen LogP contribution is -2.21. The Morgan fingerprint density at radius 1 is 1.32 bits per heavy atom. The van der Waals surface area contributed by atoms with E-state index in [1.54, 1.807) is 11.3 Å². The van der Waals surface area contributed by atoms with Crippen molar-refractivity contribution < 1.29 is 4.52 Å². The molecule has 7 nitrogen and oxygen atoms in total. The average molecular weight is 372 g/mol. The molecule has 0 fully saturated rings. The fourth-order valence-electron chi connectivity index (χ4n) is 2.53. The number of nitrogens with two attached hydrogens (primary N) is 1. The molecule has 2 N–H and O–H groups in total. The van der Waals surface area contributed by atoms with Gasteiger partial charge in [0.1, 0.15) is 6.04 Å². The normalized spacial score (nSPS) is 19.6. The highest BCUT2D eigenvalue weighted by Crippen LogP contribution is 2.37. The molecule has 0 spiro atoms. The first-order valence-corrected chi connectivity index (χ1v) is 9.58. The number of thiophene rings is 1. The number of anilines is 1. The standard InChI is InChI=1S/C16H16N6OS2/c1-10-15(13-6-3-7-24-13)19-21-22(10)25-9-14-18-16(23-20-14)11-4-2-5-12(17)8-11/h2-8,10,15H,9,17H2,1H3. The number of rotatable bonds is 5. The molecule has 9 heteroatoms.